The summed E-state index contributed by atoms with van der Waals surface area (Å²) in [6.45, 7) is 4.67. The maximum absolute atomic E-state index is 11.4. The normalized spacial score (nSPS) is 11.6. The first-order valence-electron chi connectivity index (χ1n) is 7.88. The SMILES string of the molecule is CCOC(=O)NCC[C@@H](Oc1ccccc1C)c1ccccc1. The zero-order chi connectivity index (χ0) is 16.5. The first-order valence-corrected chi connectivity index (χ1v) is 7.88. The molecule has 1 amide bonds. The van der Waals surface area contributed by atoms with Crippen LogP contribution in [0.4, 0.5) is 4.79 Å². The van der Waals surface area contributed by atoms with E-state index in [1.54, 1.807) is 6.92 Å². The Balaban J connectivity index is 2.04. The lowest BCUT2D eigenvalue weighted by Gasteiger charge is -2.21. The van der Waals surface area contributed by atoms with Gasteiger partial charge in [0.05, 0.1) is 6.61 Å². The molecule has 23 heavy (non-hydrogen) atoms. The van der Waals surface area contributed by atoms with Gasteiger partial charge in [-0.05, 0) is 31.0 Å². The number of hydrogen-bond acceptors (Lipinski definition) is 3. The number of carbonyl (C=O) groups excluding carboxylic acids is 1. The minimum absolute atomic E-state index is 0.126. The molecular formula is C19H23NO3. The molecule has 0 saturated heterocycles. The predicted molar refractivity (Wildman–Crippen MR) is 90.6 cm³/mol. The van der Waals surface area contributed by atoms with Crippen molar-refractivity contribution in [1.82, 2.24) is 5.32 Å². The number of alkyl carbamates (subject to hydrolysis) is 1. The molecule has 1 atom stereocenters. The number of para-hydroxylation sites is 1. The summed E-state index contributed by atoms with van der Waals surface area (Å²) < 4.78 is 11.1. The molecule has 0 radical (unpaired) electrons. The fraction of sp³-hybridized carbons (Fsp3) is 0.316. The lowest BCUT2D eigenvalue weighted by Crippen LogP contribution is -2.27. The molecule has 0 aromatic heterocycles. The van der Waals surface area contributed by atoms with E-state index in [2.05, 4.69) is 5.32 Å². The Bertz CT molecular complexity index is 613. The van der Waals surface area contributed by atoms with Gasteiger partial charge in [-0.1, -0.05) is 48.5 Å². The zero-order valence-corrected chi connectivity index (χ0v) is 13.6. The van der Waals surface area contributed by atoms with Crippen molar-refractivity contribution in [3.63, 3.8) is 0 Å². The third-order valence-electron chi connectivity index (χ3n) is 3.49. The molecule has 2 aromatic carbocycles. The molecule has 0 spiro atoms. The van der Waals surface area contributed by atoms with Gasteiger partial charge in [-0.2, -0.15) is 0 Å². The highest BCUT2D eigenvalue weighted by molar-refractivity contribution is 5.66. The van der Waals surface area contributed by atoms with E-state index in [0.29, 0.717) is 19.6 Å². The second-order valence-electron chi connectivity index (χ2n) is 5.22. The maximum atomic E-state index is 11.4. The fourth-order valence-corrected chi connectivity index (χ4v) is 2.29. The number of aryl methyl sites for hydroxylation is 1. The van der Waals surface area contributed by atoms with Gasteiger partial charge in [0.15, 0.2) is 0 Å². The van der Waals surface area contributed by atoms with Crippen LogP contribution in [-0.4, -0.2) is 19.2 Å². The molecule has 0 saturated carbocycles. The molecule has 0 aliphatic carbocycles. The monoisotopic (exact) mass is 313 g/mol. The second kappa shape index (κ2) is 8.83. The standard InChI is InChI=1S/C19H23NO3/c1-3-22-19(21)20-14-13-18(16-10-5-4-6-11-16)23-17-12-8-7-9-15(17)2/h4-12,18H,3,13-14H2,1-2H3,(H,20,21)/t18-/m1/s1. The van der Waals surface area contributed by atoms with E-state index in [-0.39, 0.29) is 6.10 Å². The first kappa shape index (κ1) is 16.9. The zero-order valence-electron chi connectivity index (χ0n) is 13.6. The molecule has 122 valence electrons. The summed E-state index contributed by atoms with van der Waals surface area (Å²) in [6.07, 6.45) is 0.145. The van der Waals surface area contributed by atoms with Crippen LogP contribution in [-0.2, 0) is 4.74 Å². The molecule has 0 heterocycles. The van der Waals surface area contributed by atoms with Gasteiger partial charge in [-0.25, -0.2) is 4.79 Å². The maximum Gasteiger partial charge on any atom is 0.407 e. The Kier molecular flexibility index (Phi) is 6.48. The quantitative estimate of drug-likeness (QED) is 0.831. The number of ether oxygens (including phenoxy) is 2. The van der Waals surface area contributed by atoms with Crippen molar-refractivity contribution >= 4 is 6.09 Å². The number of nitrogens with one attached hydrogen (secondary N) is 1. The van der Waals surface area contributed by atoms with Crippen molar-refractivity contribution < 1.29 is 14.3 Å². The summed E-state index contributed by atoms with van der Waals surface area (Å²) in [4.78, 5) is 11.4. The minimum atomic E-state index is -0.393. The smallest absolute Gasteiger partial charge is 0.407 e. The average molecular weight is 313 g/mol. The van der Waals surface area contributed by atoms with E-state index in [0.717, 1.165) is 16.9 Å². The van der Waals surface area contributed by atoms with Crippen LogP contribution < -0.4 is 10.1 Å². The highest BCUT2D eigenvalue weighted by Gasteiger charge is 2.15. The van der Waals surface area contributed by atoms with E-state index in [4.69, 9.17) is 9.47 Å². The molecule has 4 heteroatoms. The van der Waals surface area contributed by atoms with Gasteiger partial charge in [0.1, 0.15) is 11.9 Å². The molecule has 0 bridgehead atoms. The molecule has 2 aromatic rings. The summed E-state index contributed by atoms with van der Waals surface area (Å²) in [7, 11) is 0. The summed E-state index contributed by atoms with van der Waals surface area (Å²) >= 11 is 0. The number of amides is 1. The number of carbonyl (C=O) groups is 1. The number of hydrogen-bond donors (Lipinski definition) is 1. The summed E-state index contributed by atoms with van der Waals surface area (Å²) in [5.41, 5.74) is 2.17. The molecular weight excluding hydrogens is 290 g/mol. The molecule has 4 nitrogen and oxygen atoms in total. The van der Waals surface area contributed by atoms with Crippen LogP contribution in [0.1, 0.15) is 30.6 Å². The van der Waals surface area contributed by atoms with Crippen molar-refractivity contribution in [2.24, 2.45) is 0 Å². The Morgan fingerprint density at radius 2 is 1.78 bits per heavy atom. The predicted octanol–water partition coefficient (Wildman–Crippen LogP) is 4.25. The molecule has 0 fully saturated rings. The first-order chi connectivity index (χ1) is 11.2. The summed E-state index contributed by atoms with van der Waals surface area (Å²) in [5, 5.41) is 2.74. The van der Waals surface area contributed by atoms with Crippen LogP contribution in [0, 0.1) is 6.92 Å². The van der Waals surface area contributed by atoms with Crippen molar-refractivity contribution in [3.05, 3.63) is 65.7 Å². The Labute approximate surface area is 137 Å². The van der Waals surface area contributed by atoms with E-state index in [9.17, 15) is 4.79 Å². The minimum Gasteiger partial charge on any atom is -0.485 e. The molecule has 1 N–H and O–H groups in total. The van der Waals surface area contributed by atoms with Gasteiger partial charge in [0.2, 0.25) is 0 Å². The van der Waals surface area contributed by atoms with E-state index in [1.807, 2.05) is 61.5 Å². The van der Waals surface area contributed by atoms with E-state index >= 15 is 0 Å². The third-order valence-corrected chi connectivity index (χ3v) is 3.49. The lowest BCUT2D eigenvalue weighted by atomic mass is 10.1. The number of benzene rings is 2. The van der Waals surface area contributed by atoms with Crippen LogP contribution >= 0.6 is 0 Å². The van der Waals surface area contributed by atoms with Crippen LogP contribution in [0.5, 0.6) is 5.75 Å². The summed E-state index contributed by atoms with van der Waals surface area (Å²) in [5.74, 6) is 0.859. The van der Waals surface area contributed by atoms with Crippen LogP contribution in [0.3, 0.4) is 0 Å². The largest absolute Gasteiger partial charge is 0.485 e. The van der Waals surface area contributed by atoms with Crippen molar-refractivity contribution in [2.75, 3.05) is 13.2 Å². The number of rotatable bonds is 7. The van der Waals surface area contributed by atoms with Crippen molar-refractivity contribution in [1.29, 1.82) is 0 Å². The molecule has 2 rings (SSSR count). The van der Waals surface area contributed by atoms with E-state index < -0.39 is 6.09 Å². The van der Waals surface area contributed by atoms with E-state index in [1.165, 1.54) is 0 Å². The second-order valence-corrected chi connectivity index (χ2v) is 5.22. The average Bonchev–Trinajstić information content (AvgIpc) is 2.57. The molecule has 0 aliphatic rings. The Hall–Kier alpha value is -2.49. The lowest BCUT2D eigenvalue weighted by molar-refractivity contribution is 0.147. The van der Waals surface area contributed by atoms with Crippen molar-refractivity contribution in [3.8, 4) is 5.75 Å². The molecule has 0 unspecified atom stereocenters. The van der Waals surface area contributed by atoms with Gasteiger partial charge >= 0.3 is 6.09 Å². The van der Waals surface area contributed by atoms with Crippen LogP contribution in [0.25, 0.3) is 0 Å². The van der Waals surface area contributed by atoms with Gasteiger partial charge in [-0.15, -0.1) is 0 Å². The van der Waals surface area contributed by atoms with Gasteiger partial charge < -0.3 is 14.8 Å². The Morgan fingerprint density at radius 3 is 2.48 bits per heavy atom. The highest BCUT2D eigenvalue weighted by Crippen LogP contribution is 2.26. The highest BCUT2D eigenvalue weighted by atomic mass is 16.5. The topological polar surface area (TPSA) is 47.6 Å². The van der Waals surface area contributed by atoms with Crippen molar-refractivity contribution in [2.45, 2.75) is 26.4 Å². The fourth-order valence-electron chi connectivity index (χ4n) is 2.29. The molecule has 0 aliphatic heterocycles. The third kappa shape index (κ3) is 5.33. The van der Waals surface area contributed by atoms with Gasteiger partial charge in [0, 0.05) is 13.0 Å². The van der Waals surface area contributed by atoms with Crippen LogP contribution in [0.2, 0.25) is 0 Å². The van der Waals surface area contributed by atoms with Gasteiger partial charge in [-0.3, -0.25) is 0 Å². The Morgan fingerprint density at radius 1 is 1.09 bits per heavy atom. The van der Waals surface area contributed by atoms with Crippen LogP contribution in [0.15, 0.2) is 54.6 Å². The summed E-state index contributed by atoms with van der Waals surface area (Å²) in [6, 6.07) is 18.0. The van der Waals surface area contributed by atoms with Gasteiger partial charge in [0.25, 0.3) is 0 Å².